The summed E-state index contributed by atoms with van der Waals surface area (Å²) in [6.45, 7) is 4.34. The van der Waals surface area contributed by atoms with Crippen molar-refractivity contribution in [3.8, 4) is 0 Å². The van der Waals surface area contributed by atoms with E-state index in [9.17, 15) is 0 Å². The van der Waals surface area contributed by atoms with Crippen LogP contribution in [-0.4, -0.2) is 0 Å². The van der Waals surface area contributed by atoms with Crippen LogP contribution in [0.15, 0.2) is 12.1 Å². The van der Waals surface area contributed by atoms with Gasteiger partial charge < -0.3 is 0 Å². The van der Waals surface area contributed by atoms with Crippen LogP contribution in [0.4, 0.5) is 0 Å². The highest BCUT2D eigenvalue weighted by Gasteiger charge is 2.04. The van der Waals surface area contributed by atoms with Crippen molar-refractivity contribution in [3.63, 3.8) is 0 Å². The molecule has 2 heteroatoms. The van der Waals surface area contributed by atoms with Gasteiger partial charge in [-0.3, -0.25) is 0 Å². The van der Waals surface area contributed by atoms with Crippen molar-refractivity contribution >= 4 is 31.9 Å². The second-order valence-electron chi connectivity index (χ2n) is 2.91. The minimum absolute atomic E-state index is 0.944. The van der Waals surface area contributed by atoms with Crippen molar-refractivity contribution < 1.29 is 0 Å². The van der Waals surface area contributed by atoms with E-state index in [-0.39, 0.29) is 0 Å². The molecule has 0 N–H and O–H groups in total. The molecule has 0 heterocycles. The molecule has 12 heavy (non-hydrogen) atoms. The lowest BCUT2D eigenvalue weighted by Crippen LogP contribution is -1.94. The van der Waals surface area contributed by atoms with Crippen molar-refractivity contribution in [2.75, 3.05) is 0 Å². The molecule has 1 rings (SSSR count). The first-order valence-electron chi connectivity index (χ1n) is 3.90. The molecule has 0 spiro atoms. The molecule has 0 aliphatic rings. The minimum Gasteiger partial charge on any atom is -0.0876 e. The molecule has 1 aromatic rings. The fraction of sp³-hybridized carbons (Fsp3) is 0.400. The van der Waals surface area contributed by atoms with Crippen LogP contribution in [0.5, 0.6) is 0 Å². The molecule has 0 fully saturated rings. The van der Waals surface area contributed by atoms with E-state index >= 15 is 0 Å². The van der Waals surface area contributed by atoms with Crippen LogP contribution in [-0.2, 0) is 10.7 Å². The Bertz CT molecular complexity index is 279. The zero-order chi connectivity index (χ0) is 9.14. The standard InChI is InChI=1S/C10H12Br2/c1-7-3-4-9(5-11)8(2)10(7)6-12/h3-4H,5-6H2,1-2H3. The maximum Gasteiger partial charge on any atom is 0.0288 e. The molecule has 0 aliphatic carbocycles. The lowest BCUT2D eigenvalue weighted by atomic mass is 10.00. The summed E-state index contributed by atoms with van der Waals surface area (Å²) in [4.78, 5) is 0. The molecular formula is C10H12Br2. The molecule has 0 aliphatic heterocycles. The van der Waals surface area contributed by atoms with Gasteiger partial charge in [0.2, 0.25) is 0 Å². The molecule has 66 valence electrons. The quantitative estimate of drug-likeness (QED) is 0.720. The Hall–Kier alpha value is 0.180. The van der Waals surface area contributed by atoms with Gasteiger partial charge in [0.15, 0.2) is 0 Å². The third-order valence-corrected chi connectivity index (χ3v) is 3.39. The Morgan fingerprint density at radius 1 is 1.08 bits per heavy atom. The van der Waals surface area contributed by atoms with Gasteiger partial charge in [0, 0.05) is 10.7 Å². The van der Waals surface area contributed by atoms with Gasteiger partial charge in [-0.2, -0.15) is 0 Å². The van der Waals surface area contributed by atoms with Gasteiger partial charge >= 0.3 is 0 Å². The summed E-state index contributed by atoms with van der Waals surface area (Å²) in [5, 5.41) is 1.89. The molecular weight excluding hydrogens is 280 g/mol. The normalized spacial score (nSPS) is 10.3. The van der Waals surface area contributed by atoms with Crippen molar-refractivity contribution in [1.82, 2.24) is 0 Å². The molecule has 0 radical (unpaired) electrons. The number of halogens is 2. The van der Waals surface area contributed by atoms with Crippen LogP contribution in [0.1, 0.15) is 22.3 Å². The van der Waals surface area contributed by atoms with Crippen LogP contribution in [0.3, 0.4) is 0 Å². The molecule has 0 bridgehead atoms. The molecule has 1 aromatic carbocycles. The lowest BCUT2D eigenvalue weighted by Gasteiger charge is -2.10. The molecule has 0 saturated heterocycles. The van der Waals surface area contributed by atoms with E-state index in [4.69, 9.17) is 0 Å². The summed E-state index contributed by atoms with van der Waals surface area (Å²) in [6, 6.07) is 4.37. The zero-order valence-electron chi connectivity index (χ0n) is 7.32. The summed E-state index contributed by atoms with van der Waals surface area (Å²) in [6.07, 6.45) is 0. The second kappa shape index (κ2) is 4.43. The Labute approximate surface area is 90.6 Å². The number of hydrogen-bond donors (Lipinski definition) is 0. The van der Waals surface area contributed by atoms with Gasteiger partial charge in [0.05, 0.1) is 0 Å². The number of hydrogen-bond acceptors (Lipinski definition) is 0. The first kappa shape index (κ1) is 10.3. The van der Waals surface area contributed by atoms with Gasteiger partial charge in [-0.15, -0.1) is 0 Å². The molecule has 0 atom stereocenters. The van der Waals surface area contributed by atoms with E-state index in [1.807, 2.05) is 0 Å². The number of alkyl halides is 2. The number of aryl methyl sites for hydroxylation is 1. The molecule has 0 aromatic heterocycles. The number of benzene rings is 1. The van der Waals surface area contributed by atoms with Crippen molar-refractivity contribution in [2.45, 2.75) is 24.5 Å². The summed E-state index contributed by atoms with van der Waals surface area (Å²) < 4.78 is 0. The van der Waals surface area contributed by atoms with E-state index < -0.39 is 0 Å². The minimum atomic E-state index is 0.944. The van der Waals surface area contributed by atoms with E-state index in [2.05, 4.69) is 57.8 Å². The largest absolute Gasteiger partial charge is 0.0876 e. The third kappa shape index (κ3) is 1.91. The predicted octanol–water partition coefficient (Wildman–Crippen LogP) is 4.09. The summed E-state index contributed by atoms with van der Waals surface area (Å²) in [5.74, 6) is 0. The summed E-state index contributed by atoms with van der Waals surface area (Å²) in [7, 11) is 0. The van der Waals surface area contributed by atoms with Crippen molar-refractivity contribution in [1.29, 1.82) is 0 Å². The van der Waals surface area contributed by atoms with Gasteiger partial charge in [-0.1, -0.05) is 44.0 Å². The fourth-order valence-electron chi connectivity index (χ4n) is 1.29. The fourth-order valence-corrected chi connectivity index (χ4v) is 2.76. The van der Waals surface area contributed by atoms with Gasteiger partial charge in [-0.25, -0.2) is 0 Å². The van der Waals surface area contributed by atoms with E-state index in [0.29, 0.717) is 0 Å². The van der Waals surface area contributed by atoms with Crippen molar-refractivity contribution in [3.05, 3.63) is 34.4 Å². The molecule has 0 unspecified atom stereocenters. The van der Waals surface area contributed by atoms with Gasteiger partial charge in [0.1, 0.15) is 0 Å². The predicted molar refractivity (Wildman–Crippen MR) is 61.2 cm³/mol. The van der Waals surface area contributed by atoms with Gasteiger partial charge in [0.25, 0.3) is 0 Å². The molecule has 0 saturated carbocycles. The van der Waals surface area contributed by atoms with E-state index in [1.54, 1.807) is 0 Å². The Morgan fingerprint density at radius 2 is 1.75 bits per heavy atom. The third-order valence-electron chi connectivity index (χ3n) is 2.22. The zero-order valence-corrected chi connectivity index (χ0v) is 10.5. The van der Waals surface area contributed by atoms with Crippen LogP contribution in [0.25, 0.3) is 0 Å². The number of rotatable bonds is 2. The maximum atomic E-state index is 3.51. The van der Waals surface area contributed by atoms with E-state index in [0.717, 1.165) is 10.7 Å². The first-order valence-corrected chi connectivity index (χ1v) is 6.15. The Kier molecular flexibility index (Phi) is 3.78. The SMILES string of the molecule is Cc1ccc(CBr)c(C)c1CBr. The highest BCUT2D eigenvalue weighted by molar-refractivity contribution is 9.08. The molecule has 0 nitrogen and oxygen atoms in total. The van der Waals surface area contributed by atoms with Crippen molar-refractivity contribution in [2.24, 2.45) is 0 Å². The smallest absolute Gasteiger partial charge is 0.0288 e. The Morgan fingerprint density at radius 3 is 2.25 bits per heavy atom. The lowest BCUT2D eigenvalue weighted by molar-refractivity contribution is 1.20. The molecule has 0 amide bonds. The van der Waals surface area contributed by atoms with Crippen LogP contribution < -0.4 is 0 Å². The van der Waals surface area contributed by atoms with Crippen LogP contribution in [0.2, 0.25) is 0 Å². The van der Waals surface area contributed by atoms with Crippen LogP contribution in [0, 0.1) is 13.8 Å². The summed E-state index contributed by atoms with van der Waals surface area (Å²) in [5.41, 5.74) is 5.58. The Balaban J connectivity index is 3.24. The topological polar surface area (TPSA) is 0 Å². The monoisotopic (exact) mass is 290 g/mol. The first-order chi connectivity index (χ1) is 5.70. The highest BCUT2D eigenvalue weighted by atomic mass is 79.9. The average Bonchev–Trinajstić information content (AvgIpc) is 2.06. The average molecular weight is 292 g/mol. The maximum absolute atomic E-state index is 3.51. The highest BCUT2D eigenvalue weighted by Crippen LogP contribution is 2.22. The van der Waals surface area contributed by atoms with Crippen LogP contribution >= 0.6 is 31.9 Å². The second-order valence-corrected chi connectivity index (χ2v) is 4.03. The van der Waals surface area contributed by atoms with E-state index in [1.165, 1.54) is 22.3 Å². The summed E-state index contributed by atoms with van der Waals surface area (Å²) >= 11 is 6.99. The van der Waals surface area contributed by atoms with Gasteiger partial charge in [-0.05, 0) is 36.1 Å².